The van der Waals surface area contributed by atoms with Gasteiger partial charge in [-0.15, -0.1) is 11.3 Å². The summed E-state index contributed by atoms with van der Waals surface area (Å²) in [5.74, 6) is 3.42. The van der Waals surface area contributed by atoms with Gasteiger partial charge in [-0.1, -0.05) is 37.7 Å². The number of benzene rings is 1. The summed E-state index contributed by atoms with van der Waals surface area (Å²) in [7, 11) is 0. The fourth-order valence-electron chi connectivity index (χ4n) is 1.55. The van der Waals surface area contributed by atoms with Gasteiger partial charge in [-0.2, -0.15) is 12.6 Å². The molecule has 0 aliphatic carbocycles. The van der Waals surface area contributed by atoms with Crippen LogP contribution in [0.1, 0.15) is 13.8 Å². The molecule has 1 heterocycles. The fourth-order valence-corrected chi connectivity index (χ4v) is 4.70. The summed E-state index contributed by atoms with van der Waals surface area (Å²) < 4.78 is 2.46. The van der Waals surface area contributed by atoms with Gasteiger partial charge in [0.05, 0.1) is 10.2 Å². The Morgan fingerprint density at radius 3 is 2.76 bits per heavy atom. The Labute approximate surface area is 116 Å². The number of para-hydroxylation sites is 1. The van der Waals surface area contributed by atoms with Crippen LogP contribution in [0, 0.1) is 11.8 Å². The van der Waals surface area contributed by atoms with E-state index in [9.17, 15) is 0 Å². The van der Waals surface area contributed by atoms with Crippen LogP contribution in [0.25, 0.3) is 10.2 Å². The normalized spacial score (nSPS) is 13.4. The van der Waals surface area contributed by atoms with E-state index in [4.69, 9.17) is 0 Å². The predicted octanol–water partition coefficient (Wildman–Crippen LogP) is 4.59. The van der Waals surface area contributed by atoms with Gasteiger partial charge in [-0.3, -0.25) is 0 Å². The number of fused-ring (bicyclic) bond motifs is 1. The maximum atomic E-state index is 4.63. The van der Waals surface area contributed by atoms with Crippen molar-refractivity contribution >= 4 is 45.9 Å². The molecule has 0 saturated carbocycles. The van der Waals surface area contributed by atoms with Gasteiger partial charge >= 0.3 is 0 Å². The number of thiol groups is 1. The molecule has 92 valence electrons. The molecule has 0 N–H and O–H groups in total. The second-order valence-electron chi connectivity index (χ2n) is 4.45. The van der Waals surface area contributed by atoms with Gasteiger partial charge < -0.3 is 0 Å². The second kappa shape index (κ2) is 6.12. The van der Waals surface area contributed by atoms with Crippen LogP contribution in [-0.2, 0) is 0 Å². The van der Waals surface area contributed by atoms with Crippen LogP contribution in [0.4, 0.5) is 0 Å². The summed E-state index contributed by atoms with van der Waals surface area (Å²) in [6.45, 7) is 4.53. The van der Waals surface area contributed by atoms with Gasteiger partial charge in [0, 0.05) is 5.75 Å². The molecule has 0 aliphatic heterocycles. The van der Waals surface area contributed by atoms with E-state index in [1.54, 1.807) is 11.3 Å². The maximum absolute atomic E-state index is 4.63. The van der Waals surface area contributed by atoms with Gasteiger partial charge in [0.15, 0.2) is 4.34 Å². The van der Waals surface area contributed by atoms with Crippen molar-refractivity contribution in [3.05, 3.63) is 24.3 Å². The molecule has 2 aromatic rings. The van der Waals surface area contributed by atoms with Gasteiger partial charge in [0.2, 0.25) is 0 Å². The highest BCUT2D eigenvalue weighted by molar-refractivity contribution is 8.01. The number of thiazole rings is 1. The SMILES string of the molecule is CC(C)C(CS)CSc1nc2ccccc2s1. The fraction of sp³-hybridized carbons (Fsp3) is 0.462. The van der Waals surface area contributed by atoms with E-state index in [2.05, 4.69) is 49.7 Å². The minimum Gasteiger partial charge on any atom is -0.230 e. The van der Waals surface area contributed by atoms with Crippen LogP contribution in [-0.4, -0.2) is 16.5 Å². The lowest BCUT2D eigenvalue weighted by Gasteiger charge is -2.16. The summed E-state index contributed by atoms with van der Waals surface area (Å²) in [5, 5.41) is 0. The Kier molecular flexibility index (Phi) is 4.77. The van der Waals surface area contributed by atoms with E-state index in [1.807, 2.05) is 17.8 Å². The minimum atomic E-state index is 0.662. The molecule has 1 aromatic carbocycles. The average molecular weight is 283 g/mol. The van der Waals surface area contributed by atoms with Crippen molar-refractivity contribution in [3.8, 4) is 0 Å². The first kappa shape index (κ1) is 13.2. The first-order chi connectivity index (χ1) is 8.20. The number of hydrogen-bond acceptors (Lipinski definition) is 4. The van der Waals surface area contributed by atoms with E-state index < -0.39 is 0 Å². The average Bonchev–Trinajstić information content (AvgIpc) is 2.71. The third-order valence-electron chi connectivity index (χ3n) is 2.87. The molecule has 0 fully saturated rings. The molecule has 17 heavy (non-hydrogen) atoms. The molecular formula is C13H17NS3. The van der Waals surface area contributed by atoms with Crippen molar-refractivity contribution in [2.75, 3.05) is 11.5 Å². The molecule has 1 aromatic heterocycles. The van der Waals surface area contributed by atoms with Crippen LogP contribution < -0.4 is 0 Å². The number of nitrogens with zero attached hydrogens (tertiary/aromatic N) is 1. The van der Waals surface area contributed by atoms with E-state index in [1.165, 1.54) is 9.04 Å². The van der Waals surface area contributed by atoms with E-state index >= 15 is 0 Å². The molecular weight excluding hydrogens is 266 g/mol. The van der Waals surface area contributed by atoms with E-state index in [-0.39, 0.29) is 0 Å². The number of hydrogen-bond donors (Lipinski definition) is 1. The van der Waals surface area contributed by atoms with Crippen molar-refractivity contribution in [1.29, 1.82) is 0 Å². The first-order valence-corrected chi connectivity index (χ1v) is 8.23. The van der Waals surface area contributed by atoms with Crippen LogP contribution >= 0.6 is 35.7 Å². The lowest BCUT2D eigenvalue weighted by molar-refractivity contribution is 0.473. The predicted molar refractivity (Wildman–Crippen MR) is 82.5 cm³/mol. The Balaban J connectivity index is 2.03. The molecule has 1 unspecified atom stereocenters. The standard InChI is InChI=1S/C13H17NS3/c1-9(2)10(7-15)8-16-13-14-11-5-3-4-6-12(11)17-13/h3-6,9-10,15H,7-8H2,1-2H3. The number of rotatable bonds is 5. The molecule has 0 radical (unpaired) electrons. The minimum absolute atomic E-state index is 0.662. The highest BCUT2D eigenvalue weighted by atomic mass is 32.2. The van der Waals surface area contributed by atoms with Crippen LogP contribution in [0.5, 0.6) is 0 Å². The molecule has 0 amide bonds. The molecule has 2 rings (SSSR count). The van der Waals surface area contributed by atoms with Crippen molar-refractivity contribution in [2.24, 2.45) is 11.8 Å². The topological polar surface area (TPSA) is 12.9 Å². The molecule has 0 saturated heterocycles. The Morgan fingerprint density at radius 2 is 2.12 bits per heavy atom. The lowest BCUT2D eigenvalue weighted by atomic mass is 10.0. The zero-order valence-corrected chi connectivity index (χ0v) is 12.6. The third-order valence-corrected chi connectivity index (χ3v) is 5.71. The van der Waals surface area contributed by atoms with Crippen molar-refractivity contribution in [1.82, 2.24) is 4.98 Å². The van der Waals surface area contributed by atoms with Crippen LogP contribution in [0.2, 0.25) is 0 Å². The summed E-state index contributed by atoms with van der Waals surface area (Å²) in [5.41, 5.74) is 1.12. The zero-order chi connectivity index (χ0) is 12.3. The third kappa shape index (κ3) is 3.39. The highest BCUT2D eigenvalue weighted by Gasteiger charge is 2.13. The Bertz CT molecular complexity index is 445. The van der Waals surface area contributed by atoms with Gasteiger partial charge in [-0.05, 0) is 29.7 Å². The maximum Gasteiger partial charge on any atom is 0.151 e. The quantitative estimate of drug-likeness (QED) is 0.636. The summed E-state index contributed by atoms with van der Waals surface area (Å²) >= 11 is 8.08. The number of aromatic nitrogens is 1. The molecule has 0 spiro atoms. The molecule has 4 heteroatoms. The van der Waals surface area contributed by atoms with E-state index in [0.717, 1.165) is 17.0 Å². The largest absolute Gasteiger partial charge is 0.230 e. The van der Waals surface area contributed by atoms with E-state index in [0.29, 0.717) is 11.8 Å². The summed E-state index contributed by atoms with van der Waals surface area (Å²) in [4.78, 5) is 4.63. The van der Waals surface area contributed by atoms with Crippen molar-refractivity contribution in [2.45, 2.75) is 18.2 Å². The smallest absolute Gasteiger partial charge is 0.151 e. The van der Waals surface area contributed by atoms with Gasteiger partial charge in [-0.25, -0.2) is 4.98 Å². The Morgan fingerprint density at radius 1 is 1.35 bits per heavy atom. The second-order valence-corrected chi connectivity index (χ2v) is 7.11. The highest BCUT2D eigenvalue weighted by Crippen LogP contribution is 2.31. The molecule has 1 atom stereocenters. The number of thioether (sulfide) groups is 1. The zero-order valence-electron chi connectivity index (χ0n) is 10.1. The molecule has 1 nitrogen and oxygen atoms in total. The molecule has 0 bridgehead atoms. The molecule has 0 aliphatic rings. The van der Waals surface area contributed by atoms with Gasteiger partial charge in [0.1, 0.15) is 0 Å². The van der Waals surface area contributed by atoms with Crippen LogP contribution in [0.3, 0.4) is 0 Å². The Hall–Kier alpha value is -0.190. The monoisotopic (exact) mass is 283 g/mol. The summed E-state index contributed by atoms with van der Waals surface area (Å²) in [6, 6.07) is 8.32. The lowest BCUT2D eigenvalue weighted by Crippen LogP contribution is -2.13. The summed E-state index contributed by atoms with van der Waals surface area (Å²) in [6.07, 6.45) is 0. The van der Waals surface area contributed by atoms with Crippen molar-refractivity contribution < 1.29 is 0 Å². The van der Waals surface area contributed by atoms with Gasteiger partial charge in [0.25, 0.3) is 0 Å². The van der Waals surface area contributed by atoms with Crippen molar-refractivity contribution in [3.63, 3.8) is 0 Å². The first-order valence-electron chi connectivity index (χ1n) is 5.80. The van der Waals surface area contributed by atoms with Crippen LogP contribution in [0.15, 0.2) is 28.6 Å².